The van der Waals surface area contributed by atoms with E-state index in [-0.39, 0.29) is 5.97 Å². The summed E-state index contributed by atoms with van der Waals surface area (Å²) in [4.78, 5) is 17.4. The third-order valence-corrected chi connectivity index (χ3v) is 4.50. The molecule has 0 saturated heterocycles. The van der Waals surface area contributed by atoms with Crippen molar-refractivity contribution in [1.29, 1.82) is 0 Å². The Morgan fingerprint density at radius 1 is 1.09 bits per heavy atom. The number of carbonyl (C=O) groups is 1. The lowest BCUT2D eigenvalue weighted by Gasteiger charge is -2.09. The van der Waals surface area contributed by atoms with Crippen molar-refractivity contribution in [2.24, 2.45) is 0 Å². The maximum absolute atomic E-state index is 11.8. The zero-order chi connectivity index (χ0) is 15.4. The minimum Gasteiger partial charge on any atom is -0.465 e. The molecule has 0 N–H and O–H groups in total. The monoisotopic (exact) mass is 309 g/mol. The van der Waals surface area contributed by atoms with E-state index in [0.717, 1.165) is 21.4 Å². The minimum atomic E-state index is -0.299. The molecule has 1 aromatic heterocycles. The van der Waals surface area contributed by atoms with Crippen molar-refractivity contribution >= 4 is 28.6 Å². The molecule has 0 aliphatic heterocycles. The van der Waals surface area contributed by atoms with E-state index >= 15 is 0 Å². The van der Waals surface area contributed by atoms with Gasteiger partial charge in [0.1, 0.15) is 0 Å². The van der Waals surface area contributed by atoms with Crippen LogP contribution in [0.1, 0.15) is 15.9 Å². The van der Waals surface area contributed by atoms with Gasteiger partial charge in [0, 0.05) is 22.2 Å². The maximum atomic E-state index is 11.8. The summed E-state index contributed by atoms with van der Waals surface area (Å²) in [6, 6.07) is 17.6. The van der Waals surface area contributed by atoms with Gasteiger partial charge in [-0.2, -0.15) is 0 Å². The second-order valence-corrected chi connectivity index (χ2v) is 5.79. The Hall–Kier alpha value is -2.33. The molecule has 22 heavy (non-hydrogen) atoms. The molecule has 2 aromatic carbocycles. The zero-order valence-electron chi connectivity index (χ0n) is 12.2. The third kappa shape index (κ3) is 2.97. The smallest absolute Gasteiger partial charge is 0.338 e. The molecule has 1 heterocycles. The minimum absolute atomic E-state index is 0.299. The van der Waals surface area contributed by atoms with Crippen molar-refractivity contribution in [2.75, 3.05) is 7.11 Å². The first-order valence-corrected chi connectivity index (χ1v) is 7.91. The van der Waals surface area contributed by atoms with Gasteiger partial charge in [-0.25, -0.2) is 4.79 Å². The molecular weight excluding hydrogens is 294 g/mol. The molecule has 0 bridgehead atoms. The molecule has 3 rings (SSSR count). The average Bonchev–Trinajstić information content (AvgIpc) is 2.59. The van der Waals surface area contributed by atoms with Crippen LogP contribution in [0.2, 0.25) is 0 Å². The normalized spacial score (nSPS) is 10.6. The van der Waals surface area contributed by atoms with E-state index < -0.39 is 0 Å². The molecule has 0 radical (unpaired) electrons. The molecule has 0 aliphatic rings. The number of thioether (sulfide) groups is 1. The zero-order valence-corrected chi connectivity index (χ0v) is 13.0. The number of esters is 1. The number of ether oxygens (including phenoxy) is 1. The van der Waals surface area contributed by atoms with E-state index in [1.165, 1.54) is 7.11 Å². The predicted octanol–water partition coefficient (Wildman–Crippen LogP) is 4.31. The van der Waals surface area contributed by atoms with Crippen LogP contribution in [0.25, 0.3) is 10.9 Å². The molecule has 0 fully saturated rings. The first-order chi connectivity index (χ1) is 10.8. The molecule has 0 atom stereocenters. The van der Waals surface area contributed by atoms with E-state index in [9.17, 15) is 4.79 Å². The number of benzene rings is 2. The molecule has 3 aromatic rings. The van der Waals surface area contributed by atoms with Crippen LogP contribution in [-0.2, 0) is 10.5 Å². The number of nitrogens with zero attached hydrogens (tertiary/aromatic N) is 1. The highest BCUT2D eigenvalue weighted by molar-refractivity contribution is 7.98. The number of para-hydroxylation sites is 1. The maximum Gasteiger partial charge on any atom is 0.338 e. The Morgan fingerprint density at radius 3 is 2.77 bits per heavy atom. The highest BCUT2D eigenvalue weighted by Gasteiger charge is 2.11. The predicted molar refractivity (Wildman–Crippen MR) is 89.1 cm³/mol. The summed E-state index contributed by atoms with van der Waals surface area (Å²) in [7, 11) is 1.40. The van der Waals surface area contributed by atoms with E-state index in [1.807, 2.05) is 30.3 Å². The molecule has 0 unspecified atom stereocenters. The largest absolute Gasteiger partial charge is 0.465 e. The van der Waals surface area contributed by atoms with E-state index in [1.54, 1.807) is 24.0 Å². The number of hydrogen-bond acceptors (Lipinski definition) is 4. The highest BCUT2D eigenvalue weighted by Crippen LogP contribution is 2.29. The van der Waals surface area contributed by atoms with Gasteiger partial charge in [0.15, 0.2) is 0 Å². The Morgan fingerprint density at radius 2 is 1.91 bits per heavy atom. The standard InChI is InChI=1S/C18H15NO2S/c1-21-18(20)15-9-3-2-6-14(15)12-22-16-10-4-7-13-8-5-11-19-17(13)16/h2-11H,12H2,1H3. The van der Waals surface area contributed by atoms with Crippen molar-refractivity contribution in [3.8, 4) is 0 Å². The lowest BCUT2D eigenvalue weighted by Crippen LogP contribution is -2.04. The van der Waals surface area contributed by atoms with Gasteiger partial charge in [0.05, 0.1) is 18.2 Å². The fourth-order valence-corrected chi connectivity index (χ4v) is 3.35. The number of methoxy groups -OCH3 is 1. The van der Waals surface area contributed by atoms with Gasteiger partial charge in [-0.05, 0) is 23.8 Å². The molecule has 110 valence electrons. The van der Waals surface area contributed by atoms with E-state index in [2.05, 4.69) is 23.2 Å². The SMILES string of the molecule is COC(=O)c1ccccc1CSc1cccc2cccnc12. The Balaban J connectivity index is 1.88. The second-order valence-electron chi connectivity index (χ2n) is 4.77. The molecule has 0 saturated carbocycles. The summed E-state index contributed by atoms with van der Waals surface area (Å²) in [6.07, 6.45) is 1.80. The van der Waals surface area contributed by atoms with Gasteiger partial charge in [-0.3, -0.25) is 4.98 Å². The number of fused-ring (bicyclic) bond motifs is 1. The highest BCUT2D eigenvalue weighted by atomic mass is 32.2. The Bertz CT molecular complexity index is 812. The quantitative estimate of drug-likeness (QED) is 0.531. The molecular formula is C18H15NO2S. The summed E-state index contributed by atoms with van der Waals surface area (Å²) in [5.74, 6) is 0.397. The number of pyridine rings is 1. The first kappa shape index (κ1) is 14.6. The second kappa shape index (κ2) is 6.62. The van der Waals surface area contributed by atoms with Crippen molar-refractivity contribution < 1.29 is 9.53 Å². The summed E-state index contributed by atoms with van der Waals surface area (Å²) in [5.41, 5.74) is 2.57. The molecule has 0 aliphatic carbocycles. The van der Waals surface area contributed by atoms with Crippen molar-refractivity contribution in [1.82, 2.24) is 4.98 Å². The molecule has 0 spiro atoms. The summed E-state index contributed by atoms with van der Waals surface area (Å²) in [5, 5.41) is 1.12. The van der Waals surface area contributed by atoms with Gasteiger partial charge >= 0.3 is 5.97 Å². The van der Waals surface area contributed by atoms with E-state index in [0.29, 0.717) is 11.3 Å². The molecule has 0 amide bonds. The summed E-state index contributed by atoms with van der Waals surface area (Å²) >= 11 is 1.67. The number of rotatable bonds is 4. The van der Waals surface area contributed by atoms with Crippen LogP contribution in [0.3, 0.4) is 0 Å². The fourth-order valence-electron chi connectivity index (χ4n) is 2.30. The van der Waals surface area contributed by atoms with Crippen molar-refractivity contribution in [2.45, 2.75) is 10.6 Å². The Kier molecular flexibility index (Phi) is 4.39. The lowest BCUT2D eigenvalue weighted by atomic mass is 10.1. The van der Waals surface area contributed by atoms with Crippen molar-refractivity contribution in [3.63, 3.8) is 0 Å². The number of hydrogen-bond donors (Lipinski definition) is 0. The van der Waals surface area contributed by atoms with Crippen LogP contribution in [0.4, 0.5) is 0 Å². The van der Waals surface area contributed by atoms with Crippen LogP contribution in [0, 0.1) is 0 Å². The third-order valence-electron chi connectivity index (χ3n) is 3.40. The fraction of sp³-hybridized carbons (Fsp3) is 0.111. The summed E-state index contributed by atoms with van der Waals surface area (Å²) < 4.78 is 4.84. The number of aromatic nitrogens is 1. The van der Waals surface area contributed by atoms with Gasteiger partial charge in [0.2, 0.25) is 0 Å². The van der Waals surface area contributed by atoms with Crippen LogP contribution in [0.15, 0.2) is 65.7 Å². The van der Waals surface area contributed by atoms with Gasteiger partial charge < -0.3 is 4.74 Å². The van der Waals surface area contributed by atoms with Crippen LogP contribution in [-0.4, -0.2) is 18.1 Å². The first-order valence-electron chi connectivity index (χ1n) is 6.92. The van der Waals surface area contributed by atoms with Crippen LogP contribution in [0.5, 0.6) is 0 Å². The average molecular weight is 309 g/mol. The van der Waals surface area contributed by atoms with Gasteiger partial charge in [-0.15, -0.1) is 11.8 Å². The lowest BCUT2D eigenvalue weighted by molar-refractivity contribution is 0.0600. The van der Waals surface area contributed by atoms with Gasteiger partial charge in [0.25, 0.3) is 0 Å². The van der Waals surface area contributed by atoms with E-state index in [4.69, 9.17) is 4.74 Å². The van der Waals surface area contributed by atoms with Crippen LogP contribution < -0.4 is 0 Å². The molecule has 4 heteroatoms. The Labute approximate surface area is 133 Å². The molecule has 3 nitrogen and oxygen atoms in total. The van der Waals surface area contributed by atoms with Crippen LogP contribution >= 0.6 is 11.8 Å². The topological polar surface area (TPSA) is 39.2 Å². The van der Waals surface area contributed by atoms with Crippen molar-refractivity contribution in [3.05, 3.63) is 71.9 Å². The summed E-state index contributed by atoms with van der Waals surface area (Å²) in [6.45, 7) is 0. The number of carbonyl (C=O) groups excluding carboxylic acids is 1. The van der Waals surface area contributed by atoms with Gasteiger partial charge in [-0.1, -0.05) is 36.4 Å².